The second-order valence-corrected chi connectivity index (χ2v) is 10.5. The van der Waals surface area contributed by atoms with Crippen LogP contribution in [0.4, 0.5) is 10.1 Å². The topological polar surface area (TPSA) is 86.8 Å². The van der Waals surface area contributed by atoms with Crippen molar-refractivity contribution in [2.75, 3.05) is 23.7 Å². The first kappa shape index (κ1) is 26.8. The number of carbonyl (C=O) groups excluding carboxylic acids is 2. The Morgan fingerprint density at radius 2 is 1.82 bits per heavy atom. The summed E-state index contributed by atoms with van der Waals surface area (Å²) >= 11 is 3.41. The molecule has 180 valence electrons. The van der Waals surface area contributed by atoms with Gasteiger partial charge in [0.25, 0.3) is 0 Å². The average Bonchev–Trinajstić information content (AvgIpc) is 2.74. The van der Waals surface area contributed by atoms with E-state index >= 15 is 0 Å². The highest BCUT2D eigenvalue weighted by Crippen LogP contribution is 2.20. The molecule has 0 saturated carbocycles. The predicted molar refractivity (Wildman–Crippen MR) is 131 cm³/mol. The third-order valence-corrected chi connectivity index (χ3v) is 6.71. The van der Waals surface area contributed by atoms with Crippen LogP contribution in [0.2, 0.25) is 0 Å². The van der Waals surface area contributed by atoms with Gasteiger partial charge in [0.05, 0.1) is 11.9 Å². The number of likely N-dealkylation sites (N-methyl/N-ethyl adjacent to an activating group) is 1. The van der Waals surface area contributed by atoms with Crippen LogP contribution in [0.5, 0.6) is 0 Å². The second-order valence-electron chi connectivity index (χ2n) is 7.64. The summed E-state index contributed by atoms with van der Waals surface area (Å²) in [7, 11) is -3.62. The minimum absolute atomic E-state index is 0.0466. The van der Waals surface area contributed by atoms with Gasteiger partial charge in [-0.2, -0.15) is 0 Å². The maximum atomic E-state index is 13.2. The number of hydrogen-bond donors (Lipinski definition) is 1. The van der Waals surface area contributed by atoms with Crippen LogP contribution in [0.3, 0.4) is 0 Å². The maximum absolute atomic E-state index is 13.2. The third-order valence-electron chi connectivity index (χ3n) is 5.03. The zero-order chi connectivity index (χ0) is 24.6. The van der Waals surface area contributed by atoms with Gasteiger partial charge in [0, 0.05) is 30.5 Å². The van der Waals surface area contributed by atoms with Crippen molar-refractivity contribution >= 4 is 43.5 Å². The van der Waals surface area contributed by atoms with Gasteiger partial charge in [-0.1, -0.05) is 28.1 Å². The summed E-state index contributed by atoms with van der Waals surface area (Å²) in [6.45, 7) is 4.21. The van der Waals surface area contributed by atoms with Gasteiger partial charge in [0.2, 0.25) is 21.8 Å². The van der Waals surface area contributed by atoms with Crippen LogP contribution in [-0.4, -0.2) is 50.5 Å². The van der Waals surface area contributed by atoms with Gasteiger partial charge in [0.15, 0.2) is 0 Å². The molecule has 0 aromatic heterocycles. The van der Waals surface area contributed by atoms with Crippen LogP contribution < -0.4 is 9.62 Å². The summed E-state index contributed by atoms with van der Waals surface area (Å²) in [5.74, 6) is -0.990. The minimum Gasteiger partial charge on any atom is -0.355 e. The van der Waals surface area contributed by atoms with Crippen molar-refractivity contribution in [1.29, 1.82) is 0 Å². The van der Waals surface area contributed by atoms with Crippen LogP contribution in [-0.2, 0) is 26.2 Å². The van der Waals surface area contributed by atoms with Crippen molar-refractivity contribution in [1.82, 2.24) is 10.2 Å². The normalized spacial score (nSPS) is 12.2. The Hall–Kier alpha value is -2.46. The summed E-state index contributed by atoms with van der Waals surface area (Å²) in [4.78, 5) is 27.0. The first-order valence-corrected chi connectivity index (χ1v) is 13.2. The molecule has 0 saturated heterocycles. The summed E-state index contributed by atoms with van der Waals surface area (Å²) in [5, 5.41) is 2.74. The lowest BCUT2D eigenvalue weighted by molar-refractivity contribution is -0.140. The molecule has 0 fully saturated rings. The van der Waals surface area contributed by atoms with E-state index in [1.54, 1.807) is 13.8 Å². The van der Waals surface area contributed by atoms with Gasteiger partial charge in [0.1, 0.15) is 11.9 Å². The molecule has 0 unspecified atom stereocenters. The number of amides is 2. The Kier molecular flexibility index (Phi) is 9.85. The molecule has 0 radical (unpaired) electrons. The van der Waals surface area contributed by atoms with Crippen molar-refractivity contribution < 1.29 is 22.4 Å². The molecule has 0 bridgehead atoms. The fourth-order valence-electron chi connectivity index (χ4n) is 3.35. The molecule has 10 heteroatoms. The van der Waals surface area contributed by atoms with Gasteiger partial charge in [-0.25, -0.2) is 12.8 Å². The molecule has 2 rings (SSSR count). The smallest absolute Gasteiger partial charge is 0.242 e. The van der Waals surface area contributed by atoms with Crippen molar-refractivity contribution in [3.05, 3.63) is 64.4 Å². The molecule has 0 aliphatic rings. The van der Waals surface area contributed by atoms with Gasteiger partial charge < -0.3 is 10.2 Å². The highest BCUT2D eigenvalue weighted by Gasteiger charge is 2.26. The minimum atomic E-state index is -3.62. The van der Waals surface area contributed by atoms with Crippen LogP contribution >= 0.6 is 15.9 Å². The van der Waals surface area contributed by atoms with Crippen molar-refractivity contribution in [2.45, 2.75) is 39.3 Å². The van der Waals surface area contributed by atoms with Gasteiger partial charge in [-0.05, 0) is 62.2 Å². The van der Waals surface area contributed by atoms with E-state index in [0.29, 0.717) is 12.2 Å². The Bertz CT molecular complexity index is 1060. The molecule has 2 aromatic rings. The lowest BCUT2D eigenvalue weighted by atomic mass is 10.1. The molecule has 1 N–H and O–H groups in total. The van der Waals surface area contributed by atoms with Gasteiger partial charge in [-0.15, -0.1) is 0 Å². The number of hydrogen-bond acceptors (Lipinski definition) is 4. The first-order chi connectivity index (χ1) is 15.5. The number of nitrogens with one attached hydrogen (secondary N) is 1. The lowest BCUT2D eigenvalue weighted by Crippen LogP contribution is -2.47. The van der Waals surface area contributed by atoms with Crippen LogP contribution in [0, 0.1) is 5.82 Å². The van der Waals surface area contributed by atoms with E-state index in [0.717, 1.165) is 20.6 Å². The summed E-state index contributed by atoms with van der Waals surface area (Å²) in [6.07, 6.45) is 1.35. The number of anilines is 1. The number of carbonyl (C=O) groups is 2. The van der Waals surface area contributed by atoms with E-state index in [2.05, 4.69) is 21.2 Å². The van der Waals surface area contributed by atoms with E-state index in [-0.39, 0.29) is 37.7 Å². The molecular formula is C23H29BrFN3O4S. The highest BCUT2D eigenvalue weighted by molar-refractivity contribution is 9.10. The highest BCUT2D eigenvalue weighted by atomic mass is 79.9. The van der Waals surface area contributed by atoms with Gasteiger partial charge >= 0.3 is 0 Å². The maximum Gasteiger partial charge on any atom is 0.242 e. The second kappa shape index (κ2) is 12.1. The summed E-state index contributed by atoms with van der Waals surface area (Å²) in [6, 6.07) is 11.9. The molecule has 2 amide bonds. The van der Waals surface area contributed by atoms with E-state index in [4.69, 9.17) is 0 Å². The zero-order valence-electron chi connectivity index (χ0n) is 18.9. The zero-order valence-corrected chi connectivity index (χ0v) is 21.3. The lowest BCUT2D eigenvalue weighted by Gasteiger charge is -2.29. The summed E-state index contributed by atoms with van der Waals surface area (Å²) < 4.78 is 39.7. The number of rotatable bonds is 11. The monoisotopic (exact) mass is 541 g/mol. The van der Waals surface area contributed by atoms with E-state index < -0.39 is 21.9 Å². The molecule has 33 heavy (non-hydrogen) atoms. The standard InChI is InChI=1S/C23H29BrFN3O4S/c1-4-26-23(30)17(2)27(16-18-7-5-8-19(24)15-18)22(29)9-6-14-28(33(3,31)32)21-12-10-20(25)11-13-21/h5,7-8,10-13,15,17H,4,6,9,14,16H2,1-3H3,(H,26,30)/t17-/m0/s1. The molecule has 0 aliphatic carbocycles. The Labute approximate surface area is 203 Å². The van der Waals surface area contributed by atoms with E-state index in [1.807, 2.05) is 24.3 Å². The quantitative estimate of drug-likeness (QED) is 0.470. The largest absolute Gasteiger partial charge is 0.355 e. The van der Waals surface area contributed by atoms with Crippen molar-refractivity contribution in [3.63, 3.8) is 0 Å². The predicted octanol–water partition coefficient (Wildman–Crippen LogP) is 3.69. The molecule has 2 aromatic carbocycles. The first-order valence-electron chi connectivity index (χ1n) is 10.6. The number of sulfonamides is 1. The number of benzene rings is 2. The molecule has 0 heterocycles. The van der Waals surface area contributed by atoms with Crippen LogP contribution in [0.15, 0.2) is 53.0 Å². The molecular weight excluding hydrogens is 513 g/mol. The Morgan fingerprint density at radius 3 is 2.39 bits per heavy atom. The van der Waals surface area contributed by atoms with Gasteiger partial charge in [-0.3, -0.25) is 13.9 Å². The number of nitrogens with zero attached hydrogens (tertiary/aromatic N) is 2. The van der Waals surface area contributed by atoms with Crippen molar-refractivity contribution in [3.8, 4) is 0 Å². The molecule has 1 atom stereocenters. The fourth-order valence-corrected chi connectivity index (χ4v) is 4.76. The third kappa shape index (κ3) is 8.12. The van der Waals surface area contributed by atoms with Crippen molar-refractivity contribution in [2.24, 2.45) is 0 Å². The molecule has 7 nitrogen and oxygen atoms in total. The Morgan fingerprint density at radius 1 is 1.15 bits per heavy atom. The molecule has 0 aliphatic heterocycles. The summed E-state index contributed by atoms with van der Waals surface area (Å²) in [5.41, 5.74) is 1.19. The SMILES string of the molecule is CCNC(=O)[C@H](C)N(Cc1cccc(Br)c1)C(=O)CCCN(c1ccc(F)cc1)S(C)(=O)=O. The molecule has 0 spiro atoms. The van der Waals surface area contributed by atoms with E-state index in [9.17, 15) is 22.4 Å². The van der Waals surface area contributed by atoms with Crippen LogP contribution in [0.25, 0.3) is 0 Å². The number of halogens is 2. The van der Waals surface area contributed by atoms with Crippen LogP contribution in [0.1, 0.15) is 32.3 Å². The Balaban J connectivity index is 2.14. The van der Waals surface area contributed by atoms with E-state index in [1.165, 1.54) is 29.2 Å². The average molecular weight is 542 g/mol. The fraction of sp³-hybridized carbons (Fsp3) is 0.391.